The first-order chi connectivity index (χ1) is 8.84. The summed E-state index contributed by atoms with van der Waals surface area (Å²) in [7, 11) is 2.09. The molecule has 0 aromatic heterocycles. The van der Waals surface area contributed by atoms with Crippen LogP contribution in [0.2, 0.25) is 0 Å². The van der Waals surface area contributed by atoms with Gasteiger partial charge in [-0.3, -0.25) is 0 Å². The van der Waals surface area contributed by atoms with Crippen molar-refractivity contribution >= 4 is 0 Å². The van der Waals surface area contributed by atoms with Crippen molar-refractivity contribution in [2.45, 2.75) is 32.4 Å². The molecule has 0 spiro atoms. The highest BCUT2D eigenvalue weighted by Crippen LogP contribution is 2.31. The third kappa shape index (κ3) is 3.96. The zero-order valence-electron chi connectivity index (χ0n) is 11.4. The first-order valence-electron chi connectivity index (χ1n) is 6.71. The Kier molecular flexibility index (Phi) is 4.19. The zero-order chi connectivity index (χ0) is 14.0. The Morgan fingerprint density at radius 2 is 1.79 bits per heavy atom. The molecule has 0 aliphatic carbocycles. The standard InChI is InChI=1S/C15H20F3N/c1-11-7-13(10-14(8-11)15(16,17)18)9-12-3-5-19(2)6-4-12/h7-8,10,12H,3-6,9H2,1-2H3. The van der Waals surface area contributed by atoms with Gasteiger partial charge in [0.05, 0.1) is 5.56 Å². The van der Waals surface area contributed by atoms with Crippen molar-refractivity contribution in [3.8, 4) is 0 Å². The van der Waals surface area contributed by atoms with Crippen LogP contribution in [0.3, 0.4) is 0 Å². The Hall–Kier alpha value is -1.03. The number of benzene rings is 1. The van der Waals surface area contributed by atoms with Crippen molar-refractivity contribution in [1.82, 2.24) is 4.90 Å². The minimum atomic E-state index is -4.24. The number of aryl methyl sites for hydroxylation is 1. The van der Waals surface area contributed by atoms with Crippen molar-refractivity contribution in [2.24, 2.45) is 5.92 Å². The van der Waals surface area contributed by atoms with Crippen LogP contribution >= 0.6 is 0 Å². The SMILES string of the molecule is Cc1cc(CC2CCN(C)CC2)cc(C(F)(F)F)c1. The number of likely N-dealkylation sites (tertiary alicyclic amines) is 1. The summed E-state index contributed by atoms with van der Waals surface area (Å²) in [6.07, 6.45) is -1.33. The smallest absolute Gasteiger partial charge is 0.306 e. The summed E-state index contributed by atoms with van der Waals surface area (Å²) in [5.74, 6) is 0.513. The van der Waals surface area contributed by atoms with E-state index in [1.165, 1.54) is 12.1 Å². The van der Waals surface area contributed by atoms with Crippen molar-refractivity contribution < 1.29 is 13.2 Å². The number of rotatable bonds is 2. The lowest BCUT2D eigenvalue weighted by Crippen LogP contribution is -2.31. The van der Waals surface area contributed by atoms with Crippen molar-refractivity contribution in [1.29, 1.82) is 0 Å². The number of nitrogens with zero attached hydrogens (tertiary/aromatic N) is 1. The maximum atomic E-state index is 12.8. The maximum Gasteiger partial charge on any atom is 0.416 e. The summed E-state index contributed by atoms with van der Waals surface area (Å²) < 4.78 is 38.3. The van der Waals surface area contributed by atoms with E-state index >= 15 is 0 Å². The summed E-state index contributed by atoms with van der Waals surface area (Å²) in [5.41, 5.74) is 0.995. The van der Waals surface area contributed by atoms with Crippen LogP contribution < -0.4 is 0 Å². The van der Waals surface area contributed by atoms with E-state index < -0.39 is 11.7 Å². The first-order valence-corrected chi connectivity index (χ1v) is 6.71. The molecule has 1 aliphatic rings. The monoisotopic (exact) mass is 271 g/mol. The molecule has 19 heavy (non-hydrogen) atoms. The summed E-state index contributed by atoms with van der Waals surface area (Å²) in [4.78, 5) is 2.27. The Morgan fingerprint density at radius 3 is 2.37 bits per heavy atom. The highest BCUT2D eigenvalue weighted by atomic mass is 19.4. The van der Waals surface area contributed by atoms with Crippen LogP contribution in [0.15, 0.2) is 18.2 Å². The van der Waals surface area contributed by atoms with E-state index in [0.717, 1.165) is 37.9 Å². The lowest BCUT2D eigenvalue weighted by molar-refractivity contribution is -0.137. The molecule has 0 unspecified atom stereocenters. The van der Waals surface area contributed by atoms with Crippen LogP contribution in [-0.2, 0) is 12.6 Å². The van der Waals surface area contributed by atoms with Gasteiger partial charge in [0.25, 0.3) is 0 Å². The molecule has 1 aromatic rings. The van der Waals surface area contributed by atoms with Crippen LogP contribution in [0.5, 0.6) is 0 Å². The number of piperidine rings is 1. The van der Waals surface area contributed by atoms with Gasteiger partial charge >= 0.3 is 6.18 Å². The minimum Gasteiger partial charge on any atom is -0.306 e. The molecule has 1 nitrogen and oxygen atoms in total. The third-order valence-corrected chi connectivity index (χ3v) is 3.83. The second-order valence-electron chi connectivity index (χ2n) is 5.66. The van der Waals surface area contributed by atoms with E-state index in [1.807, 2.05) is 6.07 Å². The number of halogens is 3. The molecule has 0 saturated carbocycles. The molecule has 0 N–H and O–H groups in total. The number of alkyl halides is 3. The van der Waals surface area contributed by atoms with Crippen LogP contribution in [0.25, 0.3) is 0 Å². The Balaban J connectivity index is 2.10. The van der Waals surface area contributed by atoms with Gasteiger partial charge in [-0.2, -0.15) is 13.2 Å². The van der Waals surface area contributed by atoms with Gasteiger partial charge in [0.1, 0.15) is 0 Å². The third-order valence-electron chi connectivity index (χ3n) is 3.83. The van der Waals surface area contributed by atoms with E-state index in [1.54, 1.807) is 6.92 Å². The van der Waals surface area contributed by atoms with Gasteiger partial charge in [-0.1, -0.05) is 11.6 Å². The molecule has 2 rings (SSSR count). The molecule has 106 valence electrons. The van der Waals surface area contributed by atoms with Gasteiger partial charge in [0, 0.05) is 0 Å². The molecule has 1 heterocycles. The van der Waals surface area contributed by atoms with E-state index in [4.69, 9.17) is 0 Å². The van der Waals surface area contributed by atoms with E-state index in [-0.39, 0.29) is 0 Å². The lowest BCUT2D eigenvalue weighted by atomic mass is 9.89. The quantitative estimate of drug-likeness (QED) is 0.788. The minimum absolute atomic E-state index is 0.513. The van der Waals surface area contributed by atoms with Crippen LogP contribution in [0, 0.1) is 12.8 Å². The summed E-state index contributed by atoms with van der Waals surface area (Å²) >= 11 is 0. The molecular formula is C15H20F3N. The first kappa shape index (κ1) is 14.4. The Bertz CT molecular complexity index is 432. The zero-order valence-corrected chi connectivity index (χ0v) is 11.4. The molecule has 1 fully saturated rings. The molecule has 0 radical (unpaired) electrons. The Morgan fingerprint density at radius 1 is 1.16 bits per heavy atom. The largest absolute Gasteiger partial charge is 0.416 e. The average molecular weight is 271 g/mol. The van der Waals surface area contributed by atoms with E-state index in [2.05, 4.69) is 11.9 Å². The van der Waals surface area contributed by atoms with E-state index in [0.29, 0.717) is 11.5 Å². The predicted octanol–water partition coefficient (Wildman–Crippen LogP) is 3.90. The van der Waals surface area contributed by atoms with Gasteiger partial charge < -0.3 is 4.90 Å². The number of hydrogen-bond donors (Lipinski definition) is 0. The van der Waals surface area contributed by atoms with Crippen LogP contribution in [0.1, 0.15) is 29.5 Å². The van der Waals surface area contributed by atoms with Crippen molar-refractivity contribution in [3.05, 3.63) is 34.9 Å². The second-order valence-corrected chi connectivity index (χ2v) is 5.66. The average Bonchev–Trinajstić information content (AvgIpc) is 2.30. The van der Waals surface area contributed by atoms with Gasteiger partial charge in [-0.05, 0) is 69.9 Å². The second kappa shape index (κ2) is 5.53. The molecule has 0 atom stereocenters. The maximum absolute atomic E-state index is 12.8. The molecule has 1 aliphatic heterocycles. The van der Waals surface area contributed by atoms with Crippen LogP contribution in [0.4, 0.5) is 13.2 Å². The fraction of sp³-hybridized carbons (Fsp3) is 0.600. The highest BCUT2D eigenvalue weighted by molar-refractivity contribution is 5.31. The molecule has 1 saturated heterocycles. The molecule has 4 heteroatoms. The Labute approximate surface area is 112 Å². The predicted molar refractivity (Wildman–Crippen MR) is 70.1 cm³/mol. The summed E-state index contributed by atoms with van der Waals surface area (Å²) in [6, 6.07) is 4.41. The van der Waals surface area contributed by atoms with Gasteiger partial charge in [0.2, 0.25) is 0 Å². The summed E-state index contributed by atoms with van der Waals surface area (Å²) in [6.45, 7) is 3.82. The highest BCUT2D eigenvalue weighted by Gasteiger charge is 2.31. The molecule has 1 aromatic carbocycles. The van der Waals surface area contributed by atoms with Gasteiger partial charge in [-0.15, -0.1) is 0 Å². The van der Waals surface area contributed by atoms with Crippen LogP contribution in [-0.4, -0.2) is 25.0 Å². The lowest BCUT2D eigenvalue weighted by Gasteiger charge is -2.29. The fourth-order valence-electron chi connectivity index (χ4n) is 2.74. The van der Waals surface area contributed by atoms with E-state index in [9.17, 15) is 13.2 Å². The molecule has 0 bridgehead atoms. The molecule has 0 amide bonds. The van der Waals surface area contributed by atoms with Gasteiger partial charge in [-0.25, -0.2) is 0 Å². The number of hydrogen-bond acceptors (Lipinski definition) is 1. The topological polar surface area (TPSA) is 3.24 Å². The molecular weight excluding hydrogens is 251 g/mol. The summed E-state index contributed by atoms with van der Waals surface area (Å²) in [5, 5.41) is 0. The van der Waals surface area contributed by atoms with Gasteiger partial charge in [0.15, 0.2) is 0 Å². The van der Waals surface area contributed by atoms with Crippen molar-refractivity contribution in [3.63, 3.8) is 0 Å². The van der Waals surface area contributed by atoms with Crippen molar-refractivity contribution in [2.75, 3.05) is 20.1 Å². The fourth-order valence-corrected chi connectivity index (χ4v) is 2.74. The normalized spacial score (nSPS) is 18.8.